The normalized spacial score (nSPS) is 14.8. The Morgan fingerprint density at radius 3 is 1.79 bits per heavy atom. The molecule has 0 saturated carbocycles. The van der Waals surface area contributed by atoms with E-state index >= 15 is 0 Å². The van der Waals surface area contributed by atoms with Gasteiger partial charge in [-0.1, -0.05) is 27.7 Å². The third-order valence-corrected chi connectivity index (χ3v) is 5.51. The lowest BCUT2D eigenvalue weighted by atomic mass is 10.0. The minimum absolute atomic E-state index is 0.0167. The monoisotopic (exact) mass is 490 g/mol. The van der Waals surface area contributed by atoms with E-state index in [0.29, 0.717) is 5.75 Å². The van der Waals surface area contributed by atoms with Gasteiger partial charge in [0.2, 0.25) is 17.7 Å². The molecular weight excluding hydrogens is 452 g/mol. The standard InChI is InChI=1S/C21H38N4O7S/c1-11(2)10-15(19(29)24-14(21(31)32)8-9-33-5)25-18(28)13(6-7-16(26)27)23-20(30)17(22)12(3)4/h11-15,17H,6-10,22H2,1-5H3,(H,23,30)(H,24,29)(H,25,28)(H,26,27)(H,31,32). The van der Waals surface area contributed by atoms with Crippen LogP contribution in [-0.2, 0) is 24.0 Å². The number of nitrogens with one attached hydrogen (secondary N) is 3. The van der Waals surface area contributed by atoms with Crippen LogP contribution in [0.5, 0.6) is 0 Å². The molecule has 190 valence electrons. The van der Waals surface area contributed by atoms with Gasteiger partial charge in [-0.25, -0.2) is 4.79 Å². The highest BCUT2D eigenvalue weighted by molar-refractivity contribution is 7.98. The van der Waals surface area contributed by atoms with Crippen LogP contribution >= 0.6 is 11.8 Å². The third kappa shape index (κ3) is 12.5. The van der Waals surface area contributed by atoms with Crippen molar-refractivity contribution in [3.63, 3.8) is 0 Å². The van der Waals surface area contributed by atoms with Crippen molar-refractivity contribution in [2.75, 3.05) is 12.0 Å². The van der Waals surface area contributed by atoms with Gasteiger partial charge in [0, 0.05) is 6.42 Å². The molecule has 0 aromatic carbocycles. The Morgan fingerprint density at radius 2 is 1.33 bits per heavy atom. The molecule has 0 aliphatic heterocycles. The van der Waals surface area contributed by atoms with Crippen molar-refractivity contribution in [2.24, 2.45) is 17.6 Å². The maximum absolute atomic E-state index is 12.9. The highest BCUT2D eigenvalue weighted by Crippen LogP contribution is 2.09. The van der Waals surface area contributed by atoms with Gasteiger partial charge < -0.3 is 31.9 Å². The van der Waals surface area contributed by atoms with E-state index in [4.69, 9.17) is 10.8 Å². The molecule has 33 heavy (non-hydrogen) atoms. The van der Waals surface area contributed by atoms with Crippen molar-refractivity contribution in [1.29, 1.82) is 0 Å². The number of hydrogen-bond acceptors (Lipinski definition) is 7. The molecule has 7 N–H and O–H groups in total. The molecule has 3 amide bonds. The Balaban J connectivity index is 5.53. The molecule has 0 aliphatic rings. The van der Waals surface area contributed by atoms with Gasteiger partial charge in [0.25, 0.3) is 0 Å². The summed E-state index contributed by atoms with van der Waals surface area (Å²) in [4.78, 5) is 60.6. The number of aliphatic carboxylic acids is 2. The summed E-state index contributed by atoms with van der Waals surface area (Å²) in [6.45, 7) is 7.13. The Kier molecular flexibility index (Phi) is 14.4. The van der Waals surface area contributed by atoms with Crippen molar-refractivity contribution in [3.05, 3.63) is 0 Å². The summed E-state index contributed by atoms with van der Waals surface area (Å²) in [7, 11) is 0. The molecule has 4 unspecified atom stereocenters. The molecule has 0 saturated heterocycles. The molecule has 0 aromatic heterocycles. The van der Waals surface area contributed by atoms with Crippen LogP contribution in [0.25, 0.3) is 0 Å². The van der Waals surface area contributed by atoms with Crippen LogP contribution in [0.3, 0.4) is 0 Å². The highest BCUT2D eigenvalue weighted by atomic mass is 32.2. The molecule has 0 aliphatic carbocycles. The Labute approximate surface area is 199 Å². The van der Waals surface area contributed by atoms with E-state index in [1.54, 1.807) is 13.8 Å². The lowest BCUT2D eigenvalue weighted by Crippen LogP contribution is -2.57. The van der Waals surface area contributed by atoms with Gasteiger partial charge in [0.1, 0.15) is 18.1 Å². The number of carbonyl (C=O) groups excluding carboxylic acids is 3. The van der Waals surface area contributed by atoms with E-state index < -0.39 is 53.8 Å². The molecule has 12 heteroatoms. The summed E-state index contributed by atoms with van der Waals surface area (Å²) >= 11 is 1.44. The van der Waals surface area contributed by atoms with Gasteiger partial charge in [-0.15, -0.1) is 0 Å². The topological polar surface area (TPSA) is 188 Å². The summed E-state index contributed by atoms with van der Waals surface area (Å²) < 4.78 is 0. The number of carbonyl (C=O) groups is 5. The van der Waals surface area contributed by atoms with Gasteiger partial charge in [0.15, 0.2) is 0 Å². The number of carboxylic acid groups (broad SMARTS) is 2. The fraction of sp³-hybridized carbons (Fsp3) is 0.762. The average molecular weight is 491 g/mol. The minimum Gasteiger partial charge on any atom is -0.481 e. The smallest absolute Gasteiger partial charge is 0.326 e. The summed E-state index contributed by atoms with van der Waals surface area (Å²) in [5.41, 5.74) is 5.82. The zero-order valence-corrected chi connectivity index (χ0v) is 20.7. The predicted octanol–water partition coefficient (Wildman–Crippen LogP) is 0.173. The number of carboxylic acids is 2. The van der Waals surface area contributed by atoms with Crippen LogP contribution in [0.15, 0.2) is 0 Å². The first-order valence-corrected chi connectivity index (χ1v) is 12.3. The zero-order valence-electron chi connectivity index (χ0n) is 19.9. The second-order valence-corrected chi connectivity index (χ2v) is 9.62. The Hall–Kier alpha value is -2.34. The largest absolute Gasteiger partial charge is 0.481 e. The number of nitrogens with two attached hydrogens (primary N) is 1. The Morgan fingerprint density at radius 1 is 0.818 bits per heavy atom. The van der Waals surface area contributed by atoms with Crippen LogP contribution in [0.2, 0.25) is 0 Å². The summed E-state index contributed by atoms with van der Waals surface area (Å²) in [6, 6.07) is -4.28. The molecule has 0 aromatic rings. The first-order valence-electron chi connectivity index (χ1n) is 10.9. The maximum Gasteiger partial charge on any atom is 0.326 e. The van der Waals surface area contributed by atoms with Crippen LogP contribution in [0, 0.1) is 11.8 Å². The molecule has 4 atom stereocenters. The van der Waals surface area contributed by atoms with Crippen molar-refractivity contribution in [2.45, 2.75) is 77.5 Å². The molecule has 0 rings (SSSR count). The van der Waals surface area contributed by atoms with Gasteiger partial charge in [0.05, 0.1) is 6.04 Å². The van der Waals surface area contributed by atoms with Gasteiger partial charge in [-0.05, 0) is 43.1 Å². The summed E-state index contributed by atoms with van der Waals surface area (Å²) in [5.74, 6) is -4.03. The lowest BCUT2D eigenvalue weighted by molar-refractivity contribution is -0.142. The second-order valence-electron chi connectivity index (χ2n) is 8.63. The number of hydrogen-bond donors (Lipinski definition) is 6. The maximum atomic E-state index is 12.9. The van der Waals surface area contributed by atoms with Crippen molar-refractivity contribution in [1.82, 2.24) is 16.0 Å². The molecule has 0 heterocycles. The quantitative estimate of drug-likeness (QED) is 0.175. The third-order valence-electron chi connectivity index (χ3n) is 4.87. The Bertz CT molecular complexity index is 688. The van der Waals surface area contributed by atoms with E-state index in [0.717, 1.165) is 0 Å². The van der Waals surface area contributed by atoms with Crippen LogP contribution in [0.1, 0.15) is 53.4 Å². The number of amides is 3. The van der Waals surface area contributed by atoms with E-state index in [9.17, 15) is 29.1 Å². The van der Waals surface area contributed by atoms with E-state index in [1.807, 2.05) is 20.1 Å². The van der Waals surface area contributed by atoms with Gasteiger partial charge in [-0.2, -0.15) is 11.8 Å². The molecule has 0 radical (unpaired) electrons. The number of rotatable bonds is 16. The van der Waals surface area contributed by atoms with Crippen molar-refractivity contribution in [3.8, 4) is 0 Å². The summed E-state index contributed by atoms with van der Waals surface area (Å²) in [5, 5.41) is 25.8. The zero-order chi connectivity index (χ0) is 25.7. The molecule has 11 nitrogen and oxygen atoms in total. The molecular formula is C21H38N4O7S. The SMILES string of the molecule is CSCCC(NC(=O)C(CC(C)C)NC(=O)C(CCC(=O)O)NC(=O)C(N)C(C)C)C(=O)O. The molecule has 0 spiro atoms. The summed E-state index contributed by atoms with van der Waals surface area (Å²) in [6.07, 6.45) is 1.68. The van der Waals surface area contributed by atoms with Crippen molar-refractivity contribution >= 4 is 41.4 Å². The number of thioether (sulfide) groups is 1. The average Bonchev–Trinajstić information content (AvgIpc) is 2.71. The molecule has 0 fully saturated rings. The second kappa shape index (κ2) is 15.5. The first-order chi connectivity index (χ1) is 15.3. The van der Waals surface area contributed by atoms with E-state index in [1.165, 1.54) is 11.8 Å². The van der Waals surface area contributed by atoms with E-state index in [2.05, 4.69) is 16.0 Å². The van der Waals surface area contributed by atoms with Crippen molar-refractivity contribution < 1.29 is 34.2 Å². The van der Waals surface area contributed by atoms with E-state index in [-0.39, 0.29) is 37.5 Å². The predicted molar refractivity (Wildman–Crippen MR) is 126 cm³/mol. The van der Waals surface area contributed by atoms with Crippen LogP contribution in [-0.4, -0.2) is 76.0 Å². The first kappa shape index (κ1) is 30.7. The fourth-order valence-electron chi connectivity index (χ4n) is 2.85. The highest BCUT2D eigenvalue weighted by Gasteiger charge is 2.31. The van der Waals surface area contributed by atoms with Crippen LogP contribution < -0.4 is 21.7 Å². The lowest BCUT2D eigenvalue weighted by Gasteiger charge is -2.26. The van der Waals surface area contributed by atoms with Crippen LogP contribution in [0.4, 0.5) is 0 Å². The van der Waals surface area contributed by atoms with Gasteiger partial charge in [-0.3, -0.25) is 19.2 Å². The minimum atomic E-state index is -1.22. The molecule has 0 bridgehead atoms. The fourth-order valence-corrected chi connectivity index (χ4v) is 3.32. The van der Waals surface area contributed by atoms with Gasteiger partial charge >= 0.3 is 11.9 Å².